The number of hydrogen-bond acceptors (Lipinski definition) is 5. The first-order chi connectivity index (χ1) is 14.4. The summed E-state index contributed by atoms with van der Waals surface area (Å²) < 4.78 is 5.96. The summed E-state index contributed by atoms with van der Waals surface area (Å²) in [7, 11) is 1.62. The van der Waals surface area contributed by atoms with Crippen LogP contribution < -0.4 is 22.1 Å². The molecule has 2 aromatic rings. The number of carbonyl (C=O) groups is 1. The van der Waals surface area contributed by atoms with E-state index in [0.29, 0.717) is 43.6 Å². The Balaban J connectivity index is 0.00000480. The molecule has 6 N–H and O–H groups in total. The molecule has 0 saturated carbocycles. The molecule has 1 heterocycles. The van der Waals surface area contributed by atoms with Gasteiger partial charge in [0.2, 0.25) is 11.8 Å². The maximum absolute atomic E-state index is 12.6. The van der Waals surface area contributed by atoms with Crippen molar-refractivity contribution in [2.45, 2.75) is 51.6 Å². The molecule has 0 fully saturated rings. The molecule has 0 spiro atoms. The summed E-state index contributed by atoms with van der Waals surface area (Å²) in [6, 6.07) is 9.14. The number of aromatic nitrogens is 1. The van der Waals surface area contributed by atoms with Crippen molar-refractivity contribution in [3.05, 3.63) is 53.7 Å². The van der Waals surface area contributed by atoms with E-state index in [1.165, 1.54) is 0 Å². The van der Waals surface area contributed by atoms with Crippen LogP contribution in [0.4, 0.5) is 0 Å². The van der Waals surface area contributed by atoms with Gasteiger partial charge in [0.05, 0.1) is 12.2 Å². The Labute approximate surface area is 191 Å². The third-order valence-electron chi connectivity index (χ3n) is 4.69. The maximum atomic E-state index is 12.6. The van der Waals surface area contributed by atoms with E-state index in [1.807, 2.05) is 30.3 Å². The first kappa shape index (κ1) is 26.5. The third-order valence-corrected chi connectivity index (χ3v) is 4.69. The molecule has 0 aliphatic rings. The van der Waals surface area contributed by atoms with Crippen LogP contribution >= 0.6 is 13.5 Å². The van der Waals surface area contributed by atoms with Gasteiger partial charge in [-0.25, -0.2) is 4.98 Å². The Morgan fingerprint density at radius 2 is 1.97 bits per heavy atom. The molecule has 172 valence electrons. The number of amides is 1. The molecule has 1 aromatic heterocycles. The molecule has 0 radical (unpaired) electrons. The maximum Gasteiger partial charge on any atom is 0.237 e. The minimum atomic E-state index is -0.611. The average Bonchev–Trinajstić information content (AvgIpc) is 3.19. The zero-order chi connectivity index (χ0) is 21.9. The van der Waals surface area contributed by atoms with Crippen molar-refractivity contribution in [3.63, 3.8) is 0 Å². The Bertz CT molecular complexity index is 809. The lowest BCUT2D eigenvalue weighted by molar-refractivity contribution is -0.123. The van der Waals surface area contributed by atoms with Gasteiger partial charge in [0.1, 0.15) is 11.8 Å². The largest absolute Gasteiger partial charge is 0.443 e. The number of benzene rings is 1. The summed E-state index contributed by atoms with van der Waals surface area (Å²) >= 11 is 0. The quantitative estimate of drug-likeness (QED) is 0.237. The number of nitrogens with one attached hydrogen (secondary N) is 2. The standard InChI is InChI=1S/C22H34N6O2.H2S/c1-15(2)12-19(28-20(29)18(23)10-7-11-26-22(24)25-3)21-27-14-17(30-21)13-16-8-5-4-6-9-16;/h4-6,8-9,14-15,18-19H,7,10-13,23H2,1-3H3,(H,28,29)(H3,24,25,26);1H2/t18-,19+;/m1./s1. The van der Waals surface area contributed by atoms with Crippen LogP contribution in [0.1, 0.15) is 56.4 Å². The van der Waals surface area contributed by atoms with Crippen LogP contribution in [0.15, 0.2) is 45.9 Å². The first-order valence-corrected chi connectivity index (χ1v) is 10.4. The fraction of sp³-hybridized carbons (Fsp3) is 0.500. The summed E-state index contributed by atoms with van der Waals surface area (Å²) in [5.41, 5.74) is 12.8. The van der Waals surface area contributed by atoms with Gasteiger partial charge >= 0.3 is 0 Å². The van der Waals surface area contributed by atoms with Crippen LogP contribution in [0.25, 0.3) is 0 Å². The number of aliphatic imine (C=N–C) groups is 1. The zero-order valence-electron chi connectivity index (χ0n) is 18.6. The monoisotopic (exact) mass is 448 g/mol. The Kier molecular flexibility index (Phi) is 11.7. The molecule has 0 bridgehead atoms. The highest BCUT2D eigenvalue weighted by atomic mass is 32.1. The SMILES string of the molecule is CN=C(N)NCCC[C@@H](N)C(=O)N[C@@H](CC(C)C)c1ncc(Cc2ccccc2)o1.S. The molecule has 0 aliphatic carbocycles. The molecule has 31 heavy (non-hydrogen) atoms. The van der Waals surface area contributed by atoms with Crippen LogP contribution in [0.3, 0.4) is 0 Å². The van der Waals surface area contributed by atoms with E-state index in [2.05, 4.69) is 34.5 Å². The molecule has 0 aliphatic heterocycles. The summed E-state index contributed by atoms with van der Waals surface area (Å²) in [6.45, 7) is 4.80. The number of oxazole rings is 1. The molecular formula is C22H36N6O2S. The van der Waals surface area contributed by atoms with Gasteiger partial charge in [0.25, 0.3) is 0 Å². The highest BCUT2D eigenvalue weighted by molar-refractivity contribution is 7.59. The first-order valence-electron chi connectivity index (χ1n) is 10.4. The van der Waals surface area contributed by atoms with Crippen molar-refractivity contribution >= 4 is 25.4 Å². The van der Waals surface area contributed by atoms with Crippen LogP contribution in [0.2, 0.25) is 0 Å². The summed E-state index contributed by atoms with van der Waals surface area (Å²) in [6.07, 6.45) is 4.35. The van der Waals surface area contributed by atoms with Gasteiger partial charge in [-0.3, -0.25) is 9.79 Å². The van der Waals surface area contributed by atoms with E-state index in [1.54, 1.807) is 13.2 Å². The fourth-order valence-electron chi connectivity index (χ4n) is 3.08. The minimum absolute atomic E-state index is 0. The number of nitrogens with zero attached hydrogens (tertiary/aromatic N) is 2. The Morgan fingerprint density at radius 1 is 1.26 bits per heavy atom. The van der Waals surface area contributed by atoms with Crippen molar-refractivity contribution in [3.8, 4) is 0 Å². The van der Waals surface area contributed by atoms with Gasteiger partial charge in [-0.2, -0.15) is 13.5 Å². The summed E-state index contributed by atoms with van der Waals surface area (Å²) in [4.78, 5) is 20.9. The van der Waals surface area contributed by atoms with Gasteiger partial charge in [-0.15, -0.1) is 0 Å². The van der Waals surface area contributed by atoms with Crippen molar-refractivity contribution in [2.24, 2.45) is 22.4 Å². The Morgan fingerprint density at radius 3 is 2.61 bits per heavy atom. The van der Waals surface area contributed by atoms with Crippen molar-refractivity contribution in [2.75, 3.05) is 13.6 Å². The van der Waals surface area contributed by atoms with Gasteiger partial charge in [0, 0.05) is 20.0 Å². The Hall–Kier alpha value is -2.52. The second-order valence-electron chi connectivity index (χ2n) is 7.80. The van der Waals surface area contributed by atoms with Crippen LogP contribution in [0, 0.1) is 5.92 Å². The van der Waals surface area contributed by atoms with Crippen LogP contribution in [-0.4, -0.2) is 36.5 Å². The fourth-order valence-corrected chi connectivity index (χ4v) is 3.08. The van der Waals surface area contributed by atoms with Gasteiger partial charge in [-0.05, 0) is 30.7 Å². The third kappa shape index (κ3) is 9.44. The molecule has 9 heteroatoms. The van der Waals surface area contributed by atoms with Crippen molar-refractivity contribution < 1.29 is 9.21 Å². The predicted octanol–water partition coefficient (Wildman–Crippen LogP) is 2.22. The molecular weight excluding hydrogens is 412 g/mol. The molecule has 2 atom stereocenters. The lowest BCUT2D eigenvalue weighted by Crippen LogP contribution is -2.43. The molecule has 2 rings (SSSR count). The minimum Gasteiger partial charge on any atom is -0.443 e. The molecule has 1 amide bonds. The predicted molar refractivity (Wildman–Crippen MR) is 129 cm³/mol. The smallest absolute Gasteiger partial charge is 0.237 e. The number of guanidine groups is 1. The van der Waals surface area contributed by atoms with E-state index in [9.17, 15) is 4.79 Å². The molecule has 0 unspecified atom stereocenters. The van der Waals surface area contributed by atoms with E-state index in [4.69, 9.17) is 15.9 Å². The van der Waals surface area contributed by atoms with Gasteiger partial charge < -0.3 is 26.5 Å². The topological polar surface area (TPSA) is 132 Å². The molecule has 1 aromatic carbocycles. The average molecular weight is 449 g/mol. The van der Waals surface area contributed by atoms with Crippen LogP contribution in [0.5, 0.6) is 0 Å². The summed E-state index contributed by atoms with van der Waals surface area (Å²) in [5, 5.41) is 5.97. The lowest BCUT2D eigenvalue weighted by Gasteiger charge is -2.20. The second-order valence-corrected chi connectivity index (χ2v) is 7.80. The van der Waals surface area contributed by atoms with Crippen molar-refractivity contribution in [1.82, 2.24) is 15.6 Å². The van der Waals surface area contributed by atoms with E-state index in [0.717, 1.165) is 17.7 Å². The van der Waals surface area contributed by atoms with Crippen LogP contribution in [-0.2, 0) is 11.2 Å². The second kappa shape index (κ2) is 13.7. The molecule has 8 nitrogen and oxygen atoms in total. The molecule has 0 saturated heterocycles. The summed E-state index contributed by atoms with van der Waals surface area (Å²) in [5.74, 6) is 1.81. The van der Waals surface area contributed by atoms with Gasteiger partial charge in [-0.1, -0.05) is 44.2 Å². The number of carbonyl (C=O) groups excluding carboxylic acids is 1. The highest BCUT2D eigenvalue weighted by Crippen LogP contribution is 2.22. The highest BCUT2D eigenvalue weighted by Gasteiger charge is 2.24. The normalized spacial score (nSPS) is 13.4. The van der Waals surface area contributed by atoms with E-state index < -0.39 is 6.04 Å². The van der Waals surface area contributed by atoms with Crippen molar-refractivity contribution in [1.29, 1.82) is 0 Å². The number of hydrogen-bond donors (Lipinski definition) is 4. The number of nitrogens with two attached hydrogens (primary N) is 2. The van der Waals surface area contributed by atoms with E-state index >= 15 is 0 Å². The van der Waals surface area contributed by atoms with Gasteiger partial charge in [0.15, 0.2) is 5.96 Å². The van der Waals surface area contributed by atoms with E-state index in [-0.39, 0.29) is 25.4 Å². The zero-order valence-corrected chi connectivity index (χ0v) is 19.6. The number of rotatable bonds is 11. The lowest BCUT2D eigenvalue weighted by atomic mass is 10.0.